The molecule has 2 aromatic carbocycles. The zero-order valence-corrected chi connectivity index (χ0v) is 17.5. The van der Waals surface area contributed by atoms with Gasteiger partial charge in [-0.1, -0.05) is 36.9 Å². The van der Waals surface area contributed by atoms with Crippen LogP contribution in [0.4, 0.5) is 26.3 Å². The molecular formula is C24H25F6NO. The molecule has 2 aromatic rings. The molecule has 0 aromatic heterocycles. The molecule has 0 aliphatic carbocycles. The van der Waals surface area contributed by atoms with E-state index < -0.39 is 28.9 Å². The first-order valence-electron chi connectivity index (χ1n) is 10.3. The van der Waals surface area contributed by atoms with Crippen molar-refractivity contribution in [3.63, 3.8) is 0 Å². The fraction of sp³-hybridized carbons (Fsp3) is 0.417. The second-order valence-corrected chi connectivity index (χ2v) is 8.19. The summed E-state index contributed by atoms with van der Waals surface area (Å²) in [6.45, 7) is 4.46. The maximum atomic E-state index is 13.1. The summed E-state index contributed by atoms with van der Waals surface area (Å²) in [6.07, 6.45) is -6.66. The predicted octanol–water partition coefficient (Wildman–Crippen LogP) is 6.86. The van der Waals surface area contributed by atoms with Crippen LogP contribution in [0.25, 0.3) is 0 Å². The summed E-state index contributed by atoms with van der Waals surface area (Å²) in [7, 11) is 0. The van der Waals surface area contributed by atoms with E-state index >= 15 is 0 Å². The SMILES string of the molecule is C=C1CCCC(COCc2cc(C(F)(F)F)cc(C(F)(F)F)c2)(c2ccccc2)CCN1. The molecule has 32 heavy (non-hydrogen) atoms. The molecule has 174 valence electrons. The Kier molecular flexibility index (Phi) is 7.22. The second-order valence-electron chi connectivity index (χ2n) is 8.19. The second kappa shape index (κ2) is 9.57. The third kappa shape index (κ3) is 6.06. The highest BCUT2D eigenvalue weighted by atomic mass is 19.4. The highest BCUT2D eigenvalue weighted by molar-refractivity contribution is 5.33. The fourth-order valence-electron chi connectivity index (χ4n) is 4.11. The molecule has 0 spiro atoms. The predicted molar refractivity (Wildman–Crippen MR) is 110 cm³/mol. The van der Waals surface area contributed by atoms with E-state index in [1.54, 1.807) is 0 Å². The van der Waals surface area contributed by atoms with Crippen LogP contribution in [-0.4, -0.2) is 13.2 Å². The van der Waals surface area contributed by atoms with Crippen molar-refractivity contribution in [2.45, 2.75) is 50.1 Å². The third-order valence-electron chi connectivity index (χ3n) is 5.79. The first kappa shape index (κ1) is 24.2. The van der Waals surface area contributed by atoms with Crippen molar-refractivity contribution >= 4 is 0 Å². The molecule has 8 heteroatoms. The fourth-order valence-corrected chi connectivity index (χ4v) is 4.11. The van der Waals surface area contributed by atoms with Crippen LogP contribution < -0.4 is 5.32 Å². The van der Waals surface area contributed by atoms with Crippen LogP contribution in [0.5, 0.6) is 0 Å². The van der Waals surface area contributed by atoms with Gasteiger partial charge in [-0.2, -0.15) is 26.3 Å². The molecule has 1 N–H and O–H groups in total. The van der Waals surface area contributed by atoms with Gasteiger partial charge in [0.2, 0.25) is 0 Å². The van der Waals surface area contributed by atoms with Crippen molar-refractivity contribution in [3.8, 4) is 0 Å². The third-order valence-corrected chi connectivity index (χ3v) is 5.79. The van der Waals surface area contributed by atoms with Crippen molar-refractivity contribution in [3.05, 3.63) is 83.1 Å². The van der Waals surface area contributed by atoms with E-state index in [-0.39, 0.29) is 24.8 Å². The molecule has 1 aliphatic heterocycles. The molecule has 0 radical (unpaired) electrons. The number of halogens is 6. The number of hydrogen-bond acceptors (Lipinski definition) is 2. The number of hydrogen-bond donors (Lipinski definition) is 1. The molecule has 0 saturated carbocycles. The number of ether oxygens (including phenoxy) is 1. The van der Waals surface area contributed by atoms with Gasteiger partial charge in [-0.3, -0.25) is 0 Å². The molecule has 0 bridgehead atoms. The van der Waals surface area contributed by atoms with Crippen molar-refractivity contribution in [2.24, 2.45) is 0 Å². The quantitative estimate of drug-likeness (QED) is 0.496. The molecule has 1 atom stereocenters. The smallest absolute Gasteiger partial charge is 0.389 e. The Labute approximate surface area is 183 Å². The Morgan fingerprint density at radius 1 is 0.906 bits per heavy atom. The maximum Gasteiger partial charge on any atom is 0.416 e. The summed E-state index contributed by atoms with van der Waals surface area (Å²) in [5.74, 6) is 0. The van der Waals surface area contributed by atoms with E-state index in [0.29, 0.717) is 25.1 Å². The van der Waals surface area contributed by atoms with Gasteiger partial charge in [-0.25, -0.2) is 0 Å². The van der Waals surface area contributed by atoms with E-state index in [0.717, 1.165) is 30.5 Å². The minimum absolute atomic E-state index is 0.127. The van der Waals surface area contributed by atoms with E-state index in [9.17, 15) is 26.3 Å². The first-order valence-corrected chi connectivity index (χ1v) is 10.3. The Hall–Kier alpha value is -2.48. The highest BCUT2D eigenvalue weighted by Crippen LogP contribution is 2.38. The van der Waals surface area contributed by atoms with Gasteiger partial charge >= 0.3 is 12.4 Å². The molecule has 1 unspecified atom stereocenters. The van der Waals surface area contributed by atoms with Crippen LogP contribution in [-0.2, 0) is 29.1 Å². The topological polar surface area (TPSA) is 21.3 Å². The molecule has 1 saturated heterocycles. The Balaban J connectivity index is 1.82. The lowest BCUT2D eigenvalue weighted by atomic mass is 9.73. The van der Waals surface area contributed by atoms with Crippen molar-refractivity contribution < 1.29 is 31.1 Å². The number of nitrogens with one attached hydrogen (secondary N) is 1. The largest absolute Gasteiger partial charge is 0.416 e. The zero-order chi connectivity index (χ0) is 23.4. The van der Waals surface area contributed by atoms with Gasteiger partial charge in [-0.05, 0) is 55.0 Å². The van der Waals surface area contributed by atoms with Crippen LogP contribution in [0.2, 0.25) is 0 Å². The van der Waals surface area contributed by atoms with Crippen molar-refractivity contribution in [1.29, 1.82) is 0 Å². The lowest BCUT2D eigenvalue weighted by Crippen LogP contribution is -2.37. The van der Waals surface area contributed by atoms with Gasteiger partial charge in [0, 0.05) is 17.7 Å². The monoisotopic (exact) mass is 457 g/mol. The van der Waals surface area contributed by atoms with Crippen molar-refractivity contribution in [2.75, 3.05) is 13.2 Å². The summed E-state index contributed by atoms with van der Waals surface area (Å²) in [4.78, 5) is 0. The number of alkyl halides is 6. The summed E-state index contributed by atoms with van der Waals surface area (Å²) < 4.78 is 84.5. The summed E-state index contributed by atoms with van der Waals surface area (Å²) >= 11 is 0. The maximum absolute atomic E-state index is 13.1. The number of rotatable bonds is 5. The summed E-state index contributed by atoms with van der Waals surface area (Å²) in [5.41, 5.74) is -1.24. The average molecular weight is 457 g/mol. The Morgan fingerprint density at radius 3 is 2.12 bits per heavy atom. The number of allylic oxidation sites excluding steroid dienone is 1. The lowest BCUT2D eigenvalue weighted by molar-refractivity contribution is -0.143. The molecule has 1 aliphatic rings. The molecule has 1 heterocycles. The Morgan fingerprint density at radius 2 is 1.53 bits per heavy atom. The molecule has 2 nitrogen and oxygen atoms in total. The van der Waals surface area contributed by atoms with Gasteiger partial charge < -0.3 is 10.1 Å². The van der Waals surface area contributed by atoms with E-state index in [1.165, 1.54) is 0 Å². The van der Waals surface area contributed by atoms with Crippen LogP contribution >= 0.6 is 0 Å². The van der Waals surface area contributed by atoms with Crippen LogP contribution in [0.15, 0.2) is 60.8 Å². The minimum atomic E-state index is -4.88. The Bertz CT molecular complexity index is 876. The molecule has 1 fully saturated rings. The lowest BCUT2D eigenvalue weighted by Gasteiger charge is -2.36. The normalized spacial score (nSPS) is 20.4. The van der Waals surface area contributed by atoms with Gasteiger partial charge in [0.1, 0.15) is 0 Å². The van der Waals surface area contributed by atoms with Gasteiger partial charge in [0.25, 0.3) is 0 Å². The van der Waals surface area contributed by atoms with Crippen LogP contribution in [0.3, 0.4) is 0 Å². The van der Waals surface area contributed by atoms with Gasteiger partial charge in [0.05, 0.1) is 24.3 Å². The summed E-state index contributed by atoms with van der Waals surface area (Å²) in [5, 5.41) is 3.27. The highest BCUT2D eigenvalue weighted by Gasteiger charge is 2.37. The van der Waals surface area contributed by atoms with Gasteiger partial charge in [0.15, 0.2) is 0 Å². The van der Waals surface area contributed by atoms with E-state index in [2.05, 4.69) is 11.9 Å². The minimum Gasteiger partial charge on any atom is -0.389 e. The summed E-state index contributed by atoms with van der Waals surface area (Å²) in [6, 6.07) is 11.2. The molecule has 0 amide bonds. The molecular weight excluding hydrogens is 432 g/mol. The zero-order valence-electron chi connectivity index (χ0n) is 17.5. The van der Waals surface area contributed by atoms with Crippen LogP contribution in [0, 0.1) is 0 Å². The average Bonchev–Trinajstić information content (AvgIpc) is 2.71. The standard InChI is InChI=1S/C24H25F6NO/c1-17-6-5-9-22(10-11-31-17,19-7-3-2-4-8-19)16-32-15-18-12-20(23(25,26)27)14-21(13-18)24(28,29)30/h2-4,7-8,12-14,31H,1,5-6,9-11,15-16H2. The van der Waals surface area contributed by atoms with Crippen molar-refractivity contribution in [1.82, 2.24) is 5.32 Å². The van der Waals surface area contributed by atoms with E-state index in [1.807, 2.05) is 30.3 Å². The first-order chi connectivity index (χ1) is 15.0. The van der Waals surface area contributed by atoms with Crippen LogP contribution in [0.1, 0.15) is 47.9 Å². The molecule has 3 rings (SSSR count). The van der Waals surface area contributed by atoms with Gasteiger partial charge in [-0.15, -0.1) is 0 Å². The van der Waals surface area contributed by atoms with E-state index in [4.69, 9.17) is 4.74 Å². The number of benzene rings is 2.